The zero-order valence-corrected chi connectivity index (χ0v) is 5.45. The van der Waals surface area contributed by atoms with E-state index in [0.29, 0.717) is 5.92 Å². The fourth-order valence-corrected chi connectivity index (χ4v) is 0.865. The number of hydrogen-bond donors (Lipinski definition) is 0. The Bertz CT molecular complexity index is 179. The maximum Gasteiger partial charge on any atom is 0.146 e. The molecule has 0 spiro atoms. The highest BCUT2D eigenvalue weighted by molar-refractivity contribution is 5.02. The average molecular weight is 140 g/mol. The highest BCUT2D eigenvalue weighted by Crippen LogP contribution is 2.22. The van der Waals surface area contributed by atoms with E-state index in [9.17, 15) is 0 Å². The normalized spacial score (nSPS) is 24.2. The third-order valence-electron chi connectivity index (χ3n) is 1.56. The van der Waals surface area contributed by atoms with Crippen molar-refractivity contribution < 1.29 is 14.2 Å². The van der Waals surface area contributed by atoms with E-state index >= 15 is 0 Å². The number of ether oxygens (including phenoxy) is 3. The molecule has 54 valence electrons. The molecular formula is C7H8O3. The first-order valence-electron chi connectivity index (χ1n) is 3.22. The van der Waals surface area contributed by atoms with Gasteiger partial charge in [-0.25, -0.2) is 0 Å². The minimum atomic E-state index is 0.407. The summed E-state index contributed by atoms with van der Waals surface area (Å²) in [6.07, 6.45) is 4.66. The van der Waals surface area contributed by atoms with Crippen LogP contribution in [0.1, 0.15) is 0 Å². The zero-order chi connectivity index (χ0) is 6.81. The van der Waals surface area contributed by atoms with Gasteiger partial charge in [0.1, 0.15) is 24.5 Å². The highest BCUT2D eigenvalue weighted by Gasteiger charge is 2.25. The van der Waals surface area contributed by atoms with Gasteiger partial charge in [0, 0.05) is 0 Å². The van der Waals surface area contributed by atoms with E-state index in [1.807, 2.05) is 0 Å². The van der Waals surface area contributed by atoms with E-state index in [-0.39, 0.29) is 0 Å². The minimum Gasteiger partial charge on any atom is -0.466 e. The summed E-state index contributed by atoms with van der Waals surface area (Å²) in [5.41, 5.74) is 0. The molecule has 2 aliphatic heterocycles. The van der Waals surface area contributed by atoms with Gasteiger partial charge in [-0.3, -0.25) is 0 Å². The van der Waals surface area contributed by atoms with Crippen molar-refractivity contribution in [2.24, 2.45) is 5.92 Å². The molecule has 0 radical (unpaired) electrons. The van der Waals surface area contributed by atoms with Gasteiger partial charge in [0.05, 0.1) is 19.1 Å². The molecule has 10 heavy (non-hydrogen) atoms. The number of hydrogen-bond acceptors (Lipinski definition) is 3. The largest absolute Gasteiger partial charge is 0.466 e. The van der Waals surface area contributed by atoms with Crippen LogP contribution in [-0.2, 0) is 14.2 Å². The molecule has 0 bridgehead atoms. The van der Waals surface area contributed by atoms with Gasteiger partial charge in [-0.1, -0.05) is 0 Å². The van der Waals surface area contributed by atoms with Crippen LogP contribution in [0.15, 0.2) is 24.5 Å². The first-order chi connectivity index (χ1) is 4.97. The number of rotatable bonds is 1. The Morgan fingerprint density at radius 3 is 2.70 bits per heavy atom. The Labute approximate surface area is 58.9 Å². The monoisotopic (exact) mass is 140 g/mol. The fourth-order valence-electron chi connectivity index (χ4n) is 0.865. The average Bonchev–Trinajstić information content (AvgIpc) is 1.86. The third kappa shape index (κ3) is 0.885. The first kappa shape index (κ1) is 5.80. The summed E-state index contributed by atoms with van der Waals surface area (Å²) < 4.78 is 15.1. The van der Waals surface area contributed by atoms with Crippen LogP contribution in [0.2, 0.25) is 0 Å². The quantitative estimate of drug-likeness (QED) is 0.543. The third-order valence-corrected chi connectivity index (χ3v) is 1.56. The lowest BCUT2D eigenvalue weighted by Gasteiger charge is -2.27. The molecule has 0 aromatic carbocycles. The fraction of sp³-hybridized carbons (Fsp3) is 0.429. The van der Waals surface area contributed by atoms with Crippen molar-refractivity contribution in [2.75, 3.05) is 13.2 Å². The van der Waals surface area contributed by atoms with Crippen LogP contribution in [0.4, 0.5) is 0 Å². The van der Waals surface area contributed by atoms with E-state index in [1.54, 1.807) is 6.26 Å². The van der Waals surface area contributed by atoms with Gasteiger partial charge in [-0.15, -0.1) is 0 Å². The summed E-state index contributed by atoms with van der Waals surface area (Å²) in [6, 6.07) is 0. The first-order valence-corrected chi connectivity index (χ1v) is 3.22. The van der Waals surface area contributed by atoms with Gasteiger partial charge in [-0.2, -0.15) is 0 Å². The van der Waals surface area contributed by atoms with Crippen molar-refractivity contribution in [3.8, 4) is 0 Å². The van der Waals surface area contributed by atoms with Gasteiger partial charge in [-0.05, 0) is 0 Å². The summed E-state index contributed by atoms with van der Waals surface area (Å²) in [7, 11) is 0. The molecule has 1 fully saturated rings. The lowest BCUT2D eigenvalue weighted by molar-refractivity contribution is -0.0358. The van der Waals surface area contributed by atoms with Crippen molar-refractivity contribution in [3.05, 3.63) is 24.5 Å². The van der Waals surface area contributed by atoms with Crippen molar-refractivity contribution in [1.29, 1.82) is 0 Å². The van der Waals surface area contributed by atoms with Crippen molar-refractivity contribution in [2.45, 2.75) is 0 Å². The lowest BCUT2D eigenvalue weighted by atomic mass is 10.1. The second kappa shape index (κ2) is 2.34. The molecule has 2 aliphatic rings. The lowest BCUT2D eigenvalue weighted by Crippen LogP contribution is -2.30. The van der Waals surface area contributed by atoms with Crippen LogP contribution in [0.25, 0.3) is 0 Å². The molecule has 0 saturated carbocycles. The van der Waals surface area contributed by atoms with Crippen LogP contribution < -0.4 is 0 Å². The molecule has 0 amide bonds. The minimum absolute atomic E-state index is 0.407. The maximum atomic E-state index is 5.16. The van der Waals surface area contributed by atoms with E-state index in [4.69, 9.17) is 14.2 Å². The predicted octanol–water partition coefficient (Wildman–Crippen LogP) is 0.992. The van der Waals surface area contributed by atoms with Crippen molar-refractivity contribution in [3.63, 3.8) is 0 Å². The van der Waals surface area contributed by atoms with Crippen molar-refractivity contribution >= 4 is 0 Å². The molecule has 2 rings (SSSR count). The van der Waals surface area contributed by atoms with Crippen LogP contribution in [-0.4, -0.2) is 13.2 Å². The summed E-state index contributed by atoms with van der Waals surface area (Å²) >= 11 is 0. The summed E-state index contributed by atoms with van der Waals surface area (Å²) in [5, 5.41) is 0. The zero-order valence-electron chi connectivity index (χ0n) is 5.45. The Morgan fingerprint density at radius 1 is 1.30 bits per heavy atom. The van der Waals surface area contributed by atoms with Gasteiger partial charge < -0.3 is 14.2 Å². The molecule has 0 aliphatic carbocycles. The van der Waals surface area contributed by atoms with Gasteiger partial charge in [0.25, 0.3) is 0 Å². The van der Waals surface area contributed by atoms with Crippen LogP contribution in [0.5, 0.6) is 0 Å². The van der Waals surface area contributed by atoms with E-state index in [1.165, 1.54) is 12.5 Å². The second-order valence-electron chi connectivity index (χ2n) is 2.28. The topological polar surface area (TPSA) is 27.7 Å². The Morgan fingerprint density at radius 2 is 2.20 bits per heavy atom. The summed E-state index contributed by atoms with van der Waals surface area (Å²) in [5.74, 6) is 1.28. The molecule has 2 heterocycles. The SMILES string of the molecule is C1=COC(C2COC2)=CO1. The summed E-state index contributed by atoms with van der Waals surface area (Å²) in [6.45, 7) is 1.51. The highest BCUT2D eigenvalue weighted by atomic mass is 16.5. The predicted molar refractivity (Wildman–Crippen MR) is 33.7 cm³/mol. The van der Waals surface area contributed by atoms with Crippen molar-refractivity contribution in [1.82, 2.24) is 0 Å². The smallest absolute Gasteiger partial charge is 0.146 e. The second-order valence-corrected chi connectivity index (χ2v) is 2.28. The Hall–Kier alpha value is -0.960. The van der Waals surface area contributed by atoms with E-state index in [0.717, 1.165) is 19.0 Å². The van der Waals surface area contributed by atoms with E-state index in [2.05, 4.69) is 0 Å². The molecule has 1 saturated heterocycles. The molecule has 0 aromatic rings. The maximum absolute atomic E-state index is 5.16. The van der Waals surface area contributed by atoms with Crippen LogP contribution in [0.3, 0.4) is 0 Å². The Balaban J connectivity index is 1.96. The molecule has 0 unspecified atom stereocenters. The standard InChI is InChI=1S/C7H8O3/c1-2-10-7(5-8-1)6-3-9-4-6/h1-2,5-6H,3-4H2. The molecular weight excluding hydrogens is 132 g/mol. The van der Waals surface area contributed by atoms with Gasteiger partial charge in [0.15, 0.2) is 0 Å². The van der Waals surface area contributed by atoms with E-state index < -0.39 is 0 Å². The summed E-state index contributed by atoms with van der Waals surface area (Å²) in [4.78, 5) is 0. The Kier molecular flexibility index (Phi) is 1.36. The van der Waals surface area contributed by atoms with Crippen LogP contribution >= 0.6 is 0 Å². The molecule has 0 aromatic heterocycles. The molecule has 0 N–H and O–H groups in total. The van der Waals surface area contributed by atoms with Gasteiger partial charge in [0.2, 0.25) is 0 Å². The molecule has 0 atom stereocenters. The molecule has 3 heteroatoms. The van der Waals surface area contributed by atoms with Gasteiger partial charge >= 0.3 is 0 Å². The molecule has 3 nitrogen and oxygen atoms in total. The van der Waals surface area contributed by atoms with Crippen LogP contribution in [0, 0.1) is 5.92 Å².